The summed E-state index contributed by atoms with van der Waals surface area (Å²) < 4.78 is 18.6. The zero-order valence-corrected chi connectivity index (χ0v) is 10.0. The Morgan fingerprint density at radius 3 is 2.47 bits per heavy atom. The van der Waals surface area contributed by atoms with Gasteiger partial charge in [0, 0.05) is 0 Å². The first-order valence-electron chi connectivity index (χ1n) is 5.64. The number of halogens is 1. The van der Waals surface area contributed by atoms with Crippen LogP contribution in [-0.2, 0) is 15.1 Å². The van der Waals surface area contributed by atoms with E-state index in [0.29, 0.717) is 5.56 Å². The van der Waals surface area contributed by atoms with Crippen LogP contribution in [0.25, 0.3) is 0 Å². The van der Waals surface area contributed by atoms with Gasteiger partial charge in [-0.3, -0.25) is 0 Å². The van der Waals surface area contributed by atoms with E-state index in [-0.39, 0.29) is 13.0 Å². The van der Waals surface area contributed by atoms with Gasteiger partial charge in [0.2, 0.25) is 6.17 Å². The van der Waals surface area contributed by atoms with Gasteiger partial charge in [0.05, 0.1) is 6.61 Å². The Morgan fingerprint density at radius 1 is 1.41 bits per heavy atom. The van der Waals surface area contributed by atoms with Gasteiger partial charge in [-0.25, -0.2) is 9.18 Å². The van der Waals surface area contributed by atoms with Crippen LogP contribution in [0.4, 0.5) is 4.39 Å². The summed E-state index contributed by atoms with van der Waals surface area (Å²) >= 11 is 0. The Morgan fingerprint density at radius 2 is 2.00 bits per heavy atom. The van der Waals surface area contributed by atoms with Crippen molar-refractivity contribution in [2.24, 2.45) is 0 Å². The molecule has 4 heteroatoms. The van der Waals surface area contributed by atoms with Gasteiger partial charge in [-0.1, -0.05) is 37.3 Å². The second kappa shape index (κ2) is 5.77. The number of hydrogen-bond donors (Lipinski definition) is 1. The van der Waals surface area contributed by atoms with Crippen LogP contribution in [0.5, 0.6) is 0 Å². The maximum absolute atomic E-state index is 14.0. The van der Waals surface area contributed by atoms with E-state index in [2.05, 4.69) is 4.74 Å². The minimum absolute atomic E-state index is 0.0911. The fourth-order valence-electron chi connectivity index (χ4n) is 1.67. The van der Waals surface area contributed by atoms with E-state index >= 15 is 0 Å². The molecule has 0 aliphatic carbocycles. The van der Waals surface area contributed by atoms with E-state index in [0.717, 1.165) is 0 Å². The van der Waals surface area contributed by atoms with E-state index in [1.807, 2.05) is 0 Å². The maximum atomic E-state index is 14.0. The number of ether oxygens (including phenoxy) is 1. The van der Waals surface area contributed by atoms with E-state index < -0.39 is 17.7 Å². The van der Waals surface area contributed by atoms with Crippen molar-refractivity contribution >= 4 is 5.97 Å². The van der Waals surface area contributed by atoms with Crippen LogP contribution in [0.3, 0.4) is 0 Å². The molecule has 0 heterocycles. The summed E-state index contributed by atoms with van der Waals surface area (Å²) in [7, 11) is 0. The molecule has 0 aliphatic heterocycles. The lowest BCUT2D eigenvalue weighted by atomic mass is 9.86. The second-order valence-electron chi connectivity index (χ2n) is 3.76. The minimum atomic E-state index is -2.07. The van der Waals surface area contributed by atoms with Gasteiger partial charge in [0.15, 0.2) is 0 Å². The molecule has 0 saturated heterocycles. The molecule has 17 heavy (non-hydrogen) atoms. The topological polar surface area (TPSA) is 46.5 Å². The van der Waals surface area contributed by atoms with Crippen molar-refractivity contribution in [1.29, 1.82) is 0 Å². The molecule has 0 bridgehead atoms. The molecule has 1 rings (SSSR count). The molecule has 0 amide bonds. The molecule has 94 valence electrons. The summed E-state index contributed by atoms with van der Waals surface area (Å²) in [5.41, 5.74) is -1.45. The minimum Gasteiger partial charge on any atom is -0.464 e. The summed E-state index contributed by atoms with van der Waals surface area (Å²) in [5, 5.41) is 10.3. The first-order valence-corrected chi connectivity index (χ1v) is 5.64. The first-order chi connectivity index (χ1) is 8.06. The summed E-state index contributed by atoms with van der Waals surface area (Å²) in [6.45, 7) is 3.31. The third kappa shape index (κ3) is 2.82. The lowest BCUT2D eigenvalue weighted by molar-refractivity contribution is -0.162. The number of carbonyl (C=O) groups excluding carboxylic acids is 1. The summed E-state index contributed by atoms with van der Waals surface area (Å²) in [6, 6.07) is 8.32. The predicted octanol–water partition coefficient (Wildman–Crippen LogP) is 2.19. The number of carbonyl (C=O) groups is 1. The van der Waals surface area contributed by atoms with Crippen molar-refractivity contribution in [1.82, 2.24) is 0 Å². The van der Waals surface area contributed by atoms with Crippen LogP contribution in [-0.4, -0.2) is 23.9 Å². The molecular formula is C13H17FO3. The highest BCUT2D eigenvalue weighted by Gasteiger charge is 2.43. The fourth-order valence-corrected chi connectivity index (χ4v) is 1.67. The molecule has 1 N–H and O–H groups in total. The molecular weight excluding hydrogens is 223 g/mol. The van der Waals surface area contributed by atoms with Crippen molar-refractivity contribution in [2.75, 3.05) is 6.61 Å². The standard InChI is InChI=1S/C13H17FO3/c1-3-13(16,10-8-6-5-7-9-10)11(14)12(15)17-4-2/h5-9,11,16H,3-4H2,1-2H3/t11-,13+/m1/s1. The lowest BCUT2D eigenvalue weighted by Gasteiger charge is -2.29. The van der Waals surface area contributed by atoms with Crippen LogP contribution >= 0.6 is 0 Å². The zero-order chi connectivity index (χ0) is 12.9. The van der Waals surface area contributed by atoms with E-state index in [1.54, 1.807) is 44.2 Å². The normalized spacial score (nSPS) is 16.0. The monoisotopic (exact) mass is 240 g/mol. The van der Waals surface area contributed by atoms with Gasteiger partial charge in [0.25, 0.3) is 0 Å². The Kier molecular flexibility index (Phi) is 4.63. The van der Waals surface area contributed by atoms with Gasteiger partial charge in [-0.05, 0) is 18.9 Å². The van der Waals surface area contributed by atoms with Gasteiger partial charge in [0.1, 0.15) is 5.60 Å². The van der Waals surface area contributed by atoms with Crippen molar-refractivity contribution in [3.8, 4) is 0 Å². The molecule has 2 atom stereocenters. The molecule has 1 aromatic rings. The number of benzene rings is 1. The van der Waals surface area contributed by atoms with E-state index in [9.17, 15) is 14.3 Å². The Labute approximate surface area is 100 Å². The SMILES string of the molecule is CCOC(=O)[C@@H](F)[C@](O)(CC)c1ccccc1. The van der Waals surface area contributed by atoms with Crippen LogP contribution in [0.15, 0.2) is 30.3 Å². The fraction of sp³-hybridized carbons (Fsp3) is 0.462. The summed E-state index contributed by atoms with van der Waals surface area (Å²) in [5.74, 6) is -1.03. The number of esters is 1. The van der Waals surface area contributed by atoms with Gasteiger partial charge in [-0.15, -0.1) is 0 Å². The Bertz CT molecular complexity index is 366. The van der Waals surface area contributed by atoms with Gasteiger partial charge >= 0.3 is 5.97 Å². The van der Waals surface area contributed by atoms with Crippen LogP contribution < -0.4 is 0 Å². The highest BCUT2D eigenvalue weighted by atomic mass is 19.1. The molecule has 0 saturated carbocycles. The third-order valence-electron chi connectivity index (χ3n) is 2.73. The Balaban J connectivity index is 3.00. The molecule has 0 aliphatic rings. The highest BCUT2D eigenvalue weighted by molar-refractivity contribution is 5.76. The molecule has 0 radical (unpaired) electrons. The smallest absolute Gasteiger partial charge is 0.344 e. The predicted molar refractivity (Wildman–Crippen MR) is 62.2 cm³/mol. The van der Waals surface area contributed by atoms with E-state index in [4.69, 9.17) is 0 Å². The molecule has 3 nitrogen and oxygen atoms in total. The molecule has 0 unspecified atom stereocenters. The number of hydrogen-bond acceptors (Lipinski definition) is 3. The largest absolute Gasteiger partial charge is 0.464 e. The number of aliphatic hydroxyl groups is 1. The number of rotatable bonds is 5. The van der Waals surface area contributed by atoms with Gasteiger partial charge < -0.3 is 9.84 Å². The first kappa shape index (κ1) is 13.6. The zero-order valence-electron chi connectivity index (χ0n) is 10.0. The van der Waals surface area contributed by atoms with Crippen LogP contribution in [0, 0.1) is 0 Å². The molecule has 0 spiro atoms. The lowest BCUT2D eigenvalue weighted by Crippen LogP contribution is -2.42. The Hall–Kier alpha value is -1.42. The van der Waals surface area contributed by atoms with Crippen LogP contribution in [0.2, 0.25) is 0 Å². The van der Waals surface area contributed by atoms with Crippen molar-refractivity contribution in [2.45, 2.75) is 32.0 Å². The molecule has 1 aromatic carbocycles. The summed E-state index contributed by atoms with van der Waals surface area (Å²) in [4.78, 5) is 11.4. The second-order valence-corrected chi connectivity index (χ2v) is 3.76. The summed E-state index contributed by atoms with van der Waals surface area (Å²) in [6.07, 6.45) is -1.98. The quantitative estimate of drug-likeness (QED) is 0.802. The van der Waals surface area contributed by atoms with Crippen molar-refractivity contribution in [3.63, 3.8) is 0 Å². The van der Waals surface area contributed by atoms with Gasteiger partial charge in [-0.2, -0.15) is 0 Å². The maximum Gasteiger partial charge on any atom is 0.344 e. The van der Waals surface area contributed by atoms with Crippen molar-refractivity contribution < 1.29 is 19.0 Å². The average Bonchev–Trinajstić information content (AvgIpc) is 2.38. The van der Waals surface area contributed by atoms with Crippen LogP contribution in [0.1, 0.15) is 25.8 Å². The average molecular weight is 240 g/mol. The van der Waals surface area contributed by atoms with Crippen molar-refractivity contribution in [3.05, 3.63) is 35.9 Å². The molecule has 0 aromatic heterocycles. The van der Waals surface area contributed by atoms with E-state index in [1.165, 1.54) is 0 Å². The third-order valence-corrected chi connectivity index (χ3v) is 2.73. The molecule has 0 fully saturated rings. The highest BCUT2D eigenvalue weighted by Crippen LogP contribution is 2.31. The number of alkyl halides is 1.